The summed E-state index contributed by atoms with van der Waals surface area (Å²) in [4.78, 5) is 42.0. The van der Waals surface area contributed by atoms with Gasteiger partial charge in [-0.1, -0.05) is 47.5 Å². The van der Waals surface area contributed by atoms with Gasteiger partial charge in [0.15, 0.2) is 5.03 Å². The van der Waals surface area contributed by atoms with Crippen LogP contribution in [0.2, 0.25) is 10.0 Å². The molecule has 2 aliphatic heterocycles. The Morgan fingerprint density at radius 1 is 0.955 bits per heavy atom. The summed E-state index contributed by atoms with van der Waals surface area (Å²) in [6.07, 6.45) is 6.32. The molecule has 2 aliphatic rings. The fourth-order valence-corrected chi connectivity index (χ4v) is 7.82. The first-order valence-electron chi connectivity index (χ1n) is 13.7. The van der Waals surface area contributed by atoms with E-state index in [4.69, 9.17) is 23.2 Å². The maximum atomic E-state index is 14.4. The van der Waals surface area contributed by atoms with Gasteiger partial charge in [0.25, 0.3) is 15.9 Å². The number of fused-ring (bicyclic) bond motifs is 1. The smallest absolute Gasteiger partial charge is 0.317 e. The highest BCUT2D eigenvalue weighted by molar-refractivity contribution is 7.89. The van der Waals surface area contributed by atoms with Crippen LogP contribution in [0.4, 0.5) is 16.4 Å². The number of piperazine rings is 1. The Bertz CT molecular complexity index is 1820. The summed E-state index contributed by atoms with van der Waals surface area (Å²) < 4.78 is 31.0. The van der Waals surface area contributed by atoms with Crippen LogP contribution in [0.1, 0.15) is 12.5 Å². The third kappa shape index (κ3) is 5.19. The van der Waals surface area contributed by atoms with Crippen LogP contribution in [0, 0.1) is 0 Å². The van der Waals surface area contributed by atoms with Crippen molar-refractivity contribution in [2.75, 3.05) is 38.1 Å². The number of anilines is 2. The second-order valence-electron chi connectivity index (χ2n) is 10.7. The van der Waals surface area contributed by atoms with Crippen molar-refractivity contribution in [1.29, 1.82) is 0 Å². The number of nitrogens with one attached hydrogen (secondary N) is 1. The largest absolute Gasteiger partial charge is 0.341 e. The fraction of sp³-hybridized carbons (Fsp3) is 0.276. The molecule has 0 aliphatic carbocycles. The highest BCUT2D eigenvalue weighted by Crippen LogP contribution is 2.45. The number of halogens is 2. The molecule has 0 bridgehead atoms. The number of hydrogen-bond donors (Lipinski definition) is 1. The molecular weight excluding hydrogens is 627 g/mol. The van der Waals surface area contributed by atoms with Crippen LogP contribution in [0.5, 0.6) is 0 Å². The van der Waals surface area contributed by atoms with Crippen LogP contribution in [0.25, 0.3) is 11.1 Å². The molecular formula is C29H28Cl2N8O4S. The number of imidazole rings is 1. The zero-order valence-electron chi connectivity index (χ0n) is 23.8. The highest BCUT2D eigenvalue weighted by Gasteiger charge is 2.52. The Hall–Kier alpha value is -4.04. The topological polar surface area (TPSA) is 134 Å². The Kier molecular flexibility index (Phi) is 7.82. The molecule has 0 spiro atoms. The van der Waals surface area contributed by atoms with Crippen molar-refractivity contribution < 1.29 is 18.0 Å². The molecule has 15 heteroatoms. The lowest BCUT2D eigenvalue weighted by Crippen LogP contribution is -2.53. The number of rotatable bonds is 6. The van der Waals surface area contributed by atoms with Crippen molar-refractivity contribution in [3.8, 4) is 11.1 Å². The summed E-state index contributed by atoms with van der Waals surface area (Å²) in [5.41, 5.74) is 1.52. The van der Waals surface area contributed by atoms with Gasteiger partial charge in [-0.25, -0.2) is 33.1 Å². The number of amides is 3. The van der Waals surface area contributed by atoms with Gasteiger partial charge in [0, 0.05) is 67.6 Å². The number of urea groups is 1. The van der Waals surface area contributed by atoms with Gasteiger partial charge in [-0.15, -0.1) is 0 Å². The predicted octanol–water partition coefficient (Wildman–Crippen LogP) is 3.93. The Morgan fingerprint density at radius 3 is 2.20 bits per heavy atom. The molecule has 6 rings (SSSR count). The molecule has 4 heterocycles. The van der Waals surface area contributed by atoms with E-state index < -0.39 is 15.6 Å². The first-order valence-corrected chi connectivity index (χ1v) is 15.9. The van der Waals surface area contributed by atoms with Crippen molar-refractivity contribution in [1.82, 2.24) is 34.0 Å². The Balaban J connectivity index is 1.41. The second-order valence-corrected chi connectivity index (χ2v) is 13.5. The molecule has 2 aromatic heterocycles. The quantitative estimate of drug-likeness (QED) is 0.333. The lowest BCUT2D eigenvalue weighted by atomic mass is 9.91. The molecule has 228 valence electrons. The van der Waals surface area contributed by atoms with E-state index >= 15 is 0 Å². The molecule has 0 radical (unpaired) electrons. The lowest BCUT2D eigenvalue weighted by molar-refractivity contribution is -0.124. The van der Waals surface area contributed by atoms with Crippen molar-refractivity contribution in [2.45, 2.75) is 23.9 Å². The summed E-state index contributed by atoms with van der Waals surface area (Å²) in [7, 11) is -2.59. The van der Waals surface area contributed by atoms with Gasteiger partial charge in [0.05, 0.1) is 11.9 Å². The third-order valence-corrected chi connectivity index (χ3v) is 10.2. The maximum Gasteiger partial charge on any atom is 0.317 e. The molecule has 0 saturated carbocycles. The minimum atomic E-state index is -4.12. The Labute approximate surface area is 264 Å². The molecule has 1 N–H and O–H groups in total. The van der Waals surface area contributed by atoms with E-state index in [-0.39, 0.29) is 55.5 Å². The normalized spacial score (nSPS) is 18.9. The standard InChI is InChI=1S/C29H28Cl2N8O4S/c1-29(14-19-3-5-20(6-4-19)21-15-33-18-34-16-21)26(40)38(24-12-22(30)11-23(31)13-24)27-35-17-25(39(27)29)44(42,43)37-9-7-36(8-10-37)28(41)32-2/h3-6,11-13,15-18H,7-10,14H2,1-2H3,(H,32,41). The van der Waals surface area contributed by atoms with Crippen LogP contribution in [0.15, 0.2) is 72.4 Å². The number of benzene rings is 2. The van der Waals surface area contributed by atoms with Crippen molar-refractivity contribution in [2.24, 2.45) is 0 Å². The van der Waals surface area contributed by atoms with Gasteiger partial charge in [-0.3, -0.25) is 9.36 Å². The molecule has 1 atom stereocenters. The van der Waals surface area contributed by atoms with Gasteiger partial charge in [0.2, 0.25) is 5.95 Å². The molecule has 44 heavy (non-hydrogen) atoms. The van der Waals surface area contributed by atoms with Crippen LogP contribution >= 0.6 is 23.2 Å². The third-order valence-electron chi connectivity index (χ3n) is 7.91. The minimum Gasteiger partial charge on any atom is -0.341 e. The monoisotopic (exact) mass is 654 g/mol. The maximum absolute atomic E-state index is 14.4. The zero-order chi connectivity index (χ0) is 31.2. The minimum absolute atomic E-state index is 0.0964. The van der Waals surface area contributed by atoms with Gasteiger partial charge >= 0.3 is 6.03 Å². The van der Waals surface area contributed by atoms with Crippen LogP contribution in [0.3, 0.4) is 0 Å². The van der Waals surface area contributed by atoms with E-state index in [9.17, 15) is 18.0 Å². The number of aromatic nitrogens is 4. The first kappa shape index (κ1) is 30.0. The predicted molar refractivity (Wildman–Crippen MR) is 165 cm³/mol. The summed E-state index contributed by atoms with van der Waals surface area (Å²) >= 11 is 12.6. The van der Waals surface area contributed by atoms with Crippen LogP contribution < -0.4 is 10.2 Å². The molecule has 3 amide bonds. The summed E-state index contributed by atoms with van der Waals surface area (Å²) in [6, 6.07) is 12.0. The van der Waals surface area contributed by atoms with Gasteiger partial charge in [-0.2, -0.15) is 4.31 Å². The SMILES string of the molecule is CNC(=O)N1CCN(S(=O)(=O)c2cnc3n2C(C)(Cc2ccc(-c4cncnc4)cc2)C(=O)N3c2cc(Cl)cc(Cl)c2)CC1. The zero-order valence-corrected chi connectivity index (χ0v) is 26.1. The molecule has 1 unspecified atom stereocenters. The molecule has 1 saturated heterocycles. The number of carbonyl (C=O) groups is 2. The van der Waals surface area contributed by atoms with Gasteiger partial charge < -0.3 is 10.2 Å². The highest BCUT2D eigenvalue weighted by atomic mass is 35.5. The van der Waals surface area contributed by atoms with E-state index in [1.54, 1.807) is 42.4 Å². The molecule has 1 fully saturated rings. The van der Waals surface area contributed by atoms with E-state index in [0.29, 0.717) is 15.7 Å². The number of carbonyl (C=O) groups excluding carboxylic acids is 2. The van der Waals surface area contributed by atoms with Gasteiger partial charge in [-0.05, 0) is 36.2 Å². The molecule has 2 aromatic carbocycles. The van der Waals surface area contributed by atoms with E-state index in [1.165, 1.54) is 33.3 Å². The summed E-state index contributed by atoms with van der Waals surface area (Å²) in [5.74, 6) is -0.253. The molecule has 4 aromatic rings. The van der Waals surface area contributed by atoms with Gasteiger partial charge in [0.1, 0.15) is 11.9 Å². The fourth-order valence-electron chi connectivity index (χ4n) is 5.70. The number of hydrogen-bond acceptors (Lipinski definition) is 7. The van der Waals surface area contributed by atoms with Crippen LogP contribution in [-0.4, -0.2) is 82.3 Å². The Morgan fingerprint density at radius 2 is 1.59 bits per heavy atom. The van der Waals surface area contributed by atoms with E-state index in [0.717, 1.165) is 16.7 Å². The summed E-state index contributed by atoms with van der Waals surface area (Å²) in [5, 5.41) is 3.07. The molecule has 12 nitrogen and oxygen atoms in total. The summed E-state index contributed by atoms with van der Waals surface area (Å²) in [6.45, 7) is 2.34. The van der Waals surface area contributed by atoms with E-state index in [2.05, 4.69) is 20.3 Å². The second kappa shape index (κ2) is 11.5. The average Bonchev–Trinajstić information content (AvgIpc) is 3.55. The van der Waals surface area contributed by atoms with Crippen molar-refractivity contribution in [3.63, 3.8) is 0 Å². The lowest BCUT2D eigenvalue weighted by Gasteiger charge is -2.34. The number of sulfonamides is 1. The van der Waals surface area contributed by atoms with Crippen LogP contribution in [-0.2, 0) is 26.8 Å². The van der Waals surface area contributed by atoms with Crippen molar-refractivity contribution >= 4 is 56.8 Å². The van der Waals surface area contributed by atoms with E-state index in [1.807, 2.05) is 24.3 Å². The number of nitrogens with zero attached hydrogens (tertiary/aromatic N) is 7. The first-order chi connectivity index (χ1) is 21.0. The average molecular weight is 656 g/mol. The van der Waals surface area contributed by atoms with Crippen molar-refractivity contribution in [3.05, 3.63) is 83.0 Å².